The van der Waals surface area contributed by atoms with Crippen molar-refractivity contribution in [3.63, 3.8) is 0 Å². The molecule has 2 aliphatic rings. The van der Waals surface area contributed by atoms with E-state index in [0.717, 1.165) is 23.3 Å². The number of allylic oxidation sites excluding steroid dienone is 1. The summed E-state index contributed by atoms with van der Waals surface area (Å²) in [6, 6.07) is 3.80. The van der Waals surface area contributed by atoms with Crippen LogP contribution in [0.3, 0.4) is 0 Å². The minimum absolute atomic E-state index is 0.0137. The van der Waals surface area contributed by atoms with Crippen molar-refractivity contribution < 1.29 is 14.6 Å². The molecule has 1 amide bonds. The molecule has 0 saturated heterocycles. The van der Waals surface area contributed by atoms with Gasteiger partial charge in [-0.15, -0.1) is 0 Å². The first-order valence-corrected chi connectivity index (χ1v) is 8.97. The summed E-state index contributed by atoms with van der Waals surface area (Å²) in [6.45, 7) is 9.51. The monoisotopic (exact) mass is 344 g/mol. The molecule has 0 spiro atoms. The molecule has 3 atom stereocenters. The summed E-state index contributed by atoms with van der Waals surface area (Å²) < 4.78 is 5.50. The van der Waals surface area contributed by atoms with Crippen LogP contribution in [0.5, 0.6) is 0 Å². The molecule has 1 heterocycles. The number of nitrogens with one attached hydrogen (secondary N) is 1. The highest BCUT2D eigenvalue weighted by atomic mass is 16.6. The molecule has 136 valence electrons. The second-order valence-electron chi connectivity index (χ2n) is 8.31. The van der Waals surface area contributed by atoms with Gasteiger partial charge in [0.1, 0.15) is 11.1 Å². The zero-order valence-corrected chi connectivity index (χ0v) is 15.7. The maximum absolute atomic E-state index is 12.6. The van der Waals surface area contributed by atoms with Gasteiger partial charge in [0.15, 0.2) is 0 Å². The number of hydrogen-bond donors (Lipinski definition) is 2. The third-order valence-corrected chi connectivity index (χ3v) is 5.38. The van der Waals surface area contributed by atoms with E-state index in [4.69, 9.17) is 4.74 Å². The van der Waals surface area contributed by atoms with Crippen LogP contribution in [0.2, 0.25) is 0 Å². The summed E-state index contributed by atoms with van der Waals surface area (Å²) in [5.74, 6) is 0.0137. The number of carbonyl (C=O) groups excluding carboxylic acids is 1. The number of carbonyl (C=O) groups is 1. The quantitative estimate of drug-likeness (QED) is 0.806. The van der Waals surface area contributed by atoms with Crippen molar-refractivity contribution in [2.45, 2.75) is 70.6 Å². The fraction of sp³-hybridized carbons (Fsp3) is 0.600. The molecule has 2 bridgehead atoms. The van der Waals surface area contributed by atoms with E-state index >= 15 is 0 Å². The van der Waals surface area contributed by atoms with Crippen LogP contribution < -0.4 is 5.32 Å². The lowest BCUT2D eigenvalue weighted by Crippen LogP contribution is -2.68. The molecule has 0 radical (unpaired) electrons. The number of amides is 1. The first-order chi connectivity index (χ1) is 11.6. The Bertz CT molecular complexity index is 722. The van der Waals surface area contributed by atoms with Gasteiger partial charge in [-0.2, -0.15) is 0 Å². The Kier molecular flexibility index (Phi) is 4.18. The van der Waals surface area contributed by atoms with E-state index in [0.29, 0.717) is 12.8 Å². The average Bonchev–Trinajstić information content (AvgIpc) is 2.48. The van der Waals surface area contributed by atoms with Crippen LogP contribution in [0.4, 0.5) is 4.79 Å². The first-order valence-electron chi connectivity index (χ1n) is 8.97. The van der Waals surface area contributed by atoms with Crippen LogP contribution >= 0.6 is 0 Å². The Morgan fingerprint density at radius 3 is 2.80 bits per heavy atom. The van der Waals surface area contributed by atoms with Crippen molar-refractivity contribution in [1.82, 2.24) is 10.3 Å². The number of alkyl carbamates (subject to hydrolysis) is 1. The van der Waals surface area contributed by atoms with Crippen LogP contribution in [-0.4, -0.2) is 27.4 Å². The molecular weight excluding hydrogens is 316 g/mol. The molecular formula is C20H28N2O3. The molecule has 5 heteroatoms. The Morgan fingerprint density at radius 1 is 1.44 bits per heavy atom. The minimum atomic E-state index is -1.07. The first kappa shape index (κ1) is 17.9. The molecule has 0 aromatic carbocycles. The van der Waals surface area contributed by atoms with Crippen LogP contribution in [0.1, 0.15) is 58.7 Å². The smallest absolute Gasteiger partial charge is 0.408 e. The Hall–Kier alpha value is -1.88. The highest BCUT2D eigenvalue weighted by Crippen LogP contribution is 2.53. The molecule has 0 unspecified atom stereocenters. The average molecular weight is 344 g/mol. The van der Waals surface area contributed by atoms with Gasteiger partial charge in [-0.05, 0) is 58.9 Å². The lowest BCUT2D eigenvalue weighted by molar-refractivity contribution is -0.102. The molecule has 1 aromatic heterocycles. The van der Waals surface area contributed by atoms with E-state index in [-0.39, 0.29) is 5.92 Å². The number of pyridine rings is 1. The minimum Gasteiger partial charge on any atom is -0.444 e. The molecule has 0 saturated carbocycles. The van der Waals surface area contributed by atoms with E-state index < -0.39 is 22.8 Å². The lowest BCUT2D eigenvalue weighted by atomic mass is 9.56. The highest BCUT2D eigenvalue weighted by Gasteiger charge is 2.60. The second-order valence-corrected chi connectivity index (χ2v) is 8.31. The van der Waals surface area contributed by atoms with Crippen molar-refractivity contribution in [3.8, 4) is 0 Å². The molecule has 2 aliphatic carbocycles. The number of ether oxygens (including phenoxy) is 1. The van der Waals surface area contributed by atoms with Crippen molar-refractivity contribution in [2.75, 3.05) is 0 Å². The highest BCUT2D eigenvalue weighted by molar-refractivity contribution is 5.71. The number of rotatable bonds is 2. The zero-order valence-electron chi connectivity index (χ0n) is 15.7. The van der Waals surface area contributed by atoms with Crippen molar-refractivity contribution in [1.29, 1.82) is 0 Å². The third-order valence-electron chi connectivity index (χ3n) is 5.38. The molecule has 5 nitrogen and oxygen atoms in total. The Balaban J connectivity index is 2.15. The van der Waals surface area contributed by atoms with Gasteiger partial charge in [-0.3, -0.25) is 4.98 Å². The van der Waals surface area contributed by atoms with Crippen LogP contribution in [0.25, 0.3) is 0 Å². The molecule has 0 fully saturated rings. The van der Waals surface area contributed by atoms with Gasteiger partial charge in [0, 0.05) is 17.5 Å². The van der Waals surface area contributed by atoms with E-state index in [2.05, 4.69) is 17.2 Å². The second kappa shape index (κ2) is 5.84. The maximum Gasteiger partial charge on any atom is 0.408 e. The van der Waals surface area contributed by atoms with Crippen LogP contribution in [0.15, 0.2) is 30.0 Å². The number of hydrogen-bond acceptors (Lipinski definition) is 4. The normalized spacial score (nSPS) is 31.0. The summed E-state index contributed by atoms with van der Waals surface area (Å²) >= 11 is 0. The Labute approximate surface area is 149 Å². The largest absolute Gasteiger partial charge is 0.444 e. The maximum atomic E-state index is 12.6. The van der Waals surface area contributed by atoms with E-state index in [9.17, 15) is 9.90 Å². The zero-order chi connectivity index (χ0) is 18.5. The van der Waals surface area contributed by atoms with Crippen LogP contribution in [-0.2, 0) is 16.7 Å². The van der Waals surface area contributed by atoms with Crippen molar-refractivity contribution in [3.05, 3.63) is 41.2 Å². The number of aliphatic hydroxyl groups is 1. The predicted octanol–water partition coefficient (Wildman–Crippen LogP) is 3.47. The topological polar surface area (TPSA) is 71.5 Å². The fourth-order valence-electron chi connectivity index (χ4n) is 4.42. The number of aromatic nitrogens is 1. The summed E-state index contributed by atoms with van der Waals surface area (Å²) in [5.41, 5.74) is 0.266. The summed E-state index contributed by atoms with van der Waals surface area (Å²) in [5, 5.41) is 14.7. The van der Waals surface area contributed by atoms with Gasteiger partial charge >= 0.3 is 6.09 Å². The van der Waals surface area contributed by atoms with Gasteiger partial charge in [0.25, 0.3) is 0 Å². The summed E-state index contributed by atoms with van der Waals surface area (Å²) in [4.78, 5) is 17.2. The van der Waals surface area contributed by atoms with Gasteiger partial charge in [-0.25, -0.2) is 4.79 Å². The van der Waals surface area contributed by atoms with Gasteiger partial charge in [0.2, 0.25) is 0 Å². The molecule has 3 rings (SSSR count). The Morgan fingerprint density at radius 2 is 2.16 bits per heavy atom. The van der Waals surface area contributed by atoms with Gasteiger partial charge in [-0.1, -0.05) is 24.6 Å². The SMILES string of the molecule is CC[C@]1(O)[C@H]2CC(C)=C[C@]1(NC(=O)OC(C)(C)C)c1cccnc1C2. The lowest BCUT2D eigenvalue weighted by Gasteiger charge is -2.56. The standard InChI is InChI=1S/C20H28N2O3/c1-6-20(24)14-10-13(2)12-19(20,22-17(23)25-18(3,4)5)15-8-7-9-21-16(15)11-14/h7-9,12,14,24H,6,10-11H2,1-5H3,(H,22,23)/t14-,19-,20-/m0/s1. The van der Waals surface area contributed by atoms with E-state index in [1.165, 1.54) is 0 Å². The van der Waals surface area contributed by atoms with E-state index in [1.54, 1.807) is 6.20 Å². The summed E-state index contributed by atoms with van der Waals surface area (Å²) in [7, 11) is 0. The number of fused-ring (bicyclic) bond motifs is 4. The van der Waals surface area contributed by atoms with Crippen molar-refractivity contribution >= 4 is 6.09 Å². The molecule has 1 aromatic rings. The predicted molar refractivity (Wildman–Crippen MR) is 96.1 cm³/mol. The van der Waals surface area contributed by atoms with E-state index in [1.807, 2.05) is 45.9 Å². The molecule has 25 heavy (non-hydrogen) atoms. The molecule has 2 N–H and O–H groups in total. The molecule has 0 aliphatic heterocycles. The van der Waals surface area contributed by atoms with Crippen molar-refractivity contribution in [2.24, 2.45) is 5.92 Å². The van der Waals surface area contributed by atoms with Crippen LogP contribution in [0, 0.1) is 5.92 Å². The third kappa shape index (κ3) is 2.84. The van der Waals surface area contributed by atoms with Gasteiger partial charge < -0.3 is 15.2 Å². The summed E-state index contributed by atoms with van der Waals surface area (Å²) in [6.07, 6.45) is 5.28. The van der Waals surface area contributed by atoms with Gasteiger partial charge in [0.05, 0.1) is 5.60 Å². The number of nitrogens with zero attached hydrogens (tertiary/aromatic N) is 1. The fourth-order valence-corrected chi connectivity index (χ4v) is 4.42.